The van der Waals surface area contributed by atoms with Gasteiger partial charge in [0, 0.05) is 5.02 Å². The molecular formula is C9H10Cl3ISi. The summed E-state index contributed by atoms with van der Waals surface area (Å²) >= 11 is 20.5. The molecule has 0 spiro atoms. The average molecular weight is 380 g/mol. The molecule has 0 aromatic heterocycles. The molecule has 1 aromatic rings. The molecule has 0 atom stereocenters. The first-order chi connectivity index (χ1) is 6.25. The number of hydrogen-bond donors (Lipinski definition) is 0. The van der Waals surface area contributed by atoms with Crippen LogP contribution in [0.15, 0.2) is 6.07 Å². The van der Waals surface area contributed by atoms with E-state index >= 15 is 0 Å². The fraction of sp³-hybridized carbons (Fsp3) is 0.333. The molecule has 0 unspecified atom stereocenters. The molecule has 0 saturated carbocycles. The van der Waals surface area contributed by atoms with Crippen molar-refractivity contribution in [3.63, 3.8) is 0 Å². The second-order valence-electron chi connectivity index (χ2n) is 4.09. The molecule has 0 aliphatic heterocycles. The zero-order valence-corrected chi connectivity index (χ0v) is 13.5. The highest BCUT2D eigenvalue weighted by molar-refractivity contribution is 14.1. The average Bonchev–Trinajstić information content (AvgIpc) is 1.97. The van der Waals surface area contributed by atoms with E-state index in [2.05, 4.69) is 42.2 Å². The third-order valence-electron chi connectivity index (χ3n) is 1.86. The third-order valence-corrected chi connectivity index (χ3v) is 6.93. The smallest absolute Gasteiger partial charge is 0.0815 e. The monoisotopic (exact) mass is 378 g/mol. The van der Waals surface area contributed by atoms with Crippen LogP contribution in [0, 0.1) is 3.57 Å². The Hall–Kier alpha value is 1.04. The summed E-state index contributed by atoms with van der Waals surface area (Å²) in [6.07, 6.45) is 0. The topological polar surface area (TPSA) is 0 Å². The van der Waals surface area contributed by atoms with Crippen molar-refractivity contribution in [1.29, 1.82) is 0 Å². The molecule has 0 aliphatic rings. The quantitative estimate of drug-likeness (QED) is 0.285. The Morgan fingerprint density at radius 1 is 1.07 bits per heavy atom. The summed E-state index contributed by atoms with van der Waals surface area (Å²) in [5.74, 6) is 0. The predicted octanol–water partition coefficient (Wildman–Crippen LogP) is 4.80. The van der Waals surface area contributed by atoms with Crippen molar-refractivity contribution in [2.75, 3.05) is 0 Å². The predicted molar refractivity (Wildman–Crippen MR) is 77.2 cm³/mol. The van der Waals surface area contributed by atoms with Crippen LogP contribution in [0.4, 0.5) is 0 Å². The van der Waals surface area contributed by atoms with E-state index in [0.717, 1.165) is 13.8 Å². The van der Waals surface area contributed by atoms with E-state index < -0.39 is 8.07 Å². The molecule has 78 valence electrons. The molecule has 0 heterocycles. The summed E-state index contributed by atoms with van der Waals surface area (Å²) in [4.78, 5) is 0. The highest BCUT2D eigenvalue weighted by Gasteiger charge is 2.25. The Kier molecular flexibility index (Phi) is 4.21. The van der Waals surface area contributed by atoms with E-state index in [1.54, 1.807) is 6.07 Å². The van der Waals surface area contributed by atoms with Crippen LogP contribution in [0.5, 0.6) is 0 Å². The van der Waals surface area contributed by atoms with Crippen LogP contribution < -0.4 is 5.19 Å². The van der Waals surface area contributed by atoms with Crippen LogP contribution in [0.3, 0.4) is 0 Å². The maximum atomic E-state index is 6.25. The molecular weight excluding hydrogens is 369 g/mol. The lowest BCUT2D eigenvalue weighted by molar-refractivity contribution is 1.63. The van der Waals surface area contributed by atoms with Gasteiger partial charge < -0.3 is 0 Å². The summed E-state index contributed by atoms with van der Waals surface area (Å²) in [6, 6.07) is 1.78. The van der Waals surface area contributed by atoms with Crippen molar-refractivity contribution in [3.8, 4) is 0 Å². The van der Waals surface area contributed by atoms with Gasteiger partial charge in [0.25, 0.3) is 0 Å². The summed E-state index contributed by atoms with van der Waals surface area (Å²) in [6.45, 7) is 6.64. The Morgan fingerprint density at radius 2 is 1.57 bits per heavy atom. The molecule has 0 radical (unpaired) electrons. The Balaban J connectivity index is 3.53. The fourth-order valence-electron chi connectivity index (χ4n) is 1.25. The number of benzene rings is 1. The lowest BCUT2D eigenvalue weighted by atomic mass is 10.3. The van der Waals surface area contributed by atoms with Gasteiger partial charge in [-0.3, -0.25) is 0 Å². The Labute approximate surface area is 114 Å². The highest BCUT2D eigenvalue weighted by Crippen LogP contribution is 2.30. The van der Waals surface area contributed by atoms with E-state index in [-0.39, 0.29) is 0 Å². The molecule has 1 aromatic carbocycles. The van der Waals surface area contributed by atoms with Gasteiger partial charge in [0.15, 0.2) is 0 Å². The molecule has 0 saturated heterocycles. The normalized spacial score (nSPS) is 11.9. The van der Waals surface area contributed by atoms with Gasteiger partial charge in [-0.05, 0) is 33.8 Å². The van der Waals surface area contributed by atoms with Gasteiger partial charge in [-0.15, -0.1) is 0 Å². The van der Waals surface area contributed by atoms with Crippen molar-refractivity contribution in [2.45, 2.75) is 19.6 Å². The third kappa shape index (κ3) is 2.58. The van der Waals surface area contributed by atoms with E-state index in [0.29, 0.717) is 10.0 Å². The van der Waals surface area contributed by atoms with Gasteiger partial charge in [-0.1, -0.05) is 54.4 Å². The first-order valence-electron chi connectivity index (χ1n) is 4.08. The largest absolute Gasteiger partial charge is 0.0844 e. The van der Waals surface area contributed by atoms with Crippen molar-refractivity contribution in [2.24, 2.45) is 0 Å². The number of halogens is 4. The van der Waals surface area contributed by atoms with Gasteiger partial charge in [0.2, 0.25) is 0 Å². The summed E-state index contributed by atoms with van der Waals surface area (Å²) in [7, 11) is -1.50. The minimum atomic E-state index is -1.50. The summed E-state index contributed by atoms with van der Waals surface area (Å²) < 4.78 is 0.896. The van der Waals surface area contributed by atoms with Gasteiger partial charge in [-0.2, -0.15) is 0 Å². The second kappa shape index (κ2) is 4.50. The van der Waals surface area contributed by atoms with Gasteiger partial charge in [0.1, 0.15) is 0 Å². The van der Waals surface area contributed by atoms with Gasteiger partial charge in [-0.25, -0.2) is 0 Å². The number of rotatable bonds is 1. The minimum Gasteiger partial charge on any atom is -0.0844 e. The standard InChI is InChI=1S/C9H10Cl3ISi/c1-14(2,3)9-6(11)4-5(10)8(13)7(9)12/h4H,1-3H3. The van der Waals surface area contributed by atoms with Crippen molar-refractivity contribution < 1.29 is 0 Å². The van der Waals surface area contributed by atoms with Crippen LogP contribution in [0.25, 0.3) is 0 Å². The van der Waals surface area contributed by atoms with Gasteiger partial charge in [0.05, 0.1) is 21.7 Å². The zero-order chi connectivity index (χ0) is 11.1. The zero-order valence-electron chi connectivity index (χ0n) is 8.09. The van der Waals surface area contributed by atoms with E-state index in [9.17, 15) is 0 Å². The van der Waals surface area contributed by atoms with E-state index in [1.807, 2.05) is 0 Å². The number of hydrogen-bond acceptors (Lipinski definition) is 0. The maximum Gasteiger partial charge on any atom is 0.0815 e. The van der Waals surface area contributed by atoms with Crippen LogP contribution in [0.2, 0.25) is 34.7 Å². The van der Waals surface area contributed by atoms with Crippen molar-refractivity contribution in [1.82, 2.24) is 0 Å². The Bertz CT molecular complexity index is 371. The Morgan fingerprint density at radius 3 is 2.00 bits per heavy atom. The van der Waals surface area contributed by atoms with Crippen LogP contribution in [-0.4, -0.2) is 8.07 Å². The first kappa shape index (κ1) is 13.1. The SMILES string of the molecule is C[Si](C)(C)c1c(Cl)cc(Cl)c(I)c1Cl. The fourth-order valence-corrected chi connectivity index (χ4v) is 5.97. The van der Waals surface area contributed by atoms with E-state index in [4.69, 9.17) is 34.8 Å². The molecule has 5 heteroatoms. The van der Waals surface area contributed by atoms with Crippen LogP contribution in [0.1, 0.15) is 0 Å². The first-order valence-corrected chi connectivity index (χ1v) is 9.80. The maximum absolute atomic E-state index is 6.25. The van der Waals surface area contributed by atoms with Crippen molar-refractivity contribution >= 4 is 70.7 Å². The minimum absolute atomic E-state index is 0.627. The van der Waals surface area contributed by atoms with Crippen LogP contribution >= 0.6 is 57.4 Å². The van der Waals surface area contributed by atoms with Crippen LogP contribution in [-0.2, 0) is 0 Å². The van der Waals surface area contributed by atoms with Crippen molar-refractivity contribution in [3.05, 3.63) is 24.7 Å². The molecule has 0 amide bonds. The lowest BCUT2D eigenvalue weighted by Crippen LogP contribution is -2.39. The summed E-state index contributed by atoms with van der Waals surface area (Å²) in [5, 5.41) is 3.14. The second-order valence-corrected chi connectivity index (χ2v) is 11.4. The van der Waals surface area contributed by atoms with Gasteiger partial charge >= 0.3 is 0 Å². The molecule has 14 heavy (non-hydrogen) atoms. The molecule has 0 fully saturated rings. The molecule has 1 rings (SSSR count). The molecule has 0 bridgehead atoms. The molecule has 0 aliphatic carbocycles. The molecule has 0 nitrogen and oxygen atoms in total. The molecule has 0 N–H and O–H groups in total. The highest BCUT2D eigenvalue weighted by atomic mass is 127. The van der Waals surface area contributed by atoms with E-state index in [1.165, 1.54) is 0 Å². The summed E-state index contributed by atoms with van der Waals surface area (Å²) in [5.41, 5.74) is 0. The lowest BCUT2D eigenvalue weighted by Gasteiger charge is -2.21.